The van der Waals surface area contributed by atoms with E-state index >= 15 is 0 Å². The molecule has 0 bridgehead atoms. The van der Waals surface area contributed by atoms with Crippen LogP contribution in [-0.4, -0.2) is 11.9 Å². The second-order valence-corrected chi connectivity index (χ2v) is 4.61. The molecule has 0 radical (unpaired) electrons. The van der Waals surface area contributed by atoms with Crippen molar-refractivity contribution in [1.82, 2.24) is 5.32 Å². The first-order valence-corrected chi connectivity index (χ1v) is 6.06. The van der Waals surface area contributed by atoms with Crippen LogP contribution in [0.2, 0.25) is 5.02 Å². The molecular weight excluding hydrogens is 260 g/mol. The van der Waals surface area contributed by atoms with E-state index in [9.17, 15) is 13.6 Å². The molecule has 0 aliphatic heterocycles. The van der Waals surface area contributed by atoms with Crippen molar-refractivity contribution in [2.24, 2.45) is 0 Å². The zero-order chi connectivity index (χ0) is 13.1. The summed E-state index contributed by atoms with van der Waals surface area (Å²) < 4.78 is 26.0. The van der Waals surface area contributed by atoms with Gasteiger partial charge in [-0.3, -0.25) is 4.79 Å². The minimum absolute atomic E-state index is 0.0201. The SMILES string of the molecule is O=C(N[C@@H]1CC=CCC1)c1cc(F)c(F)cc1Cl. The van der Waals surface area contributed by atoms with E-state index in [0.717, 1.165) is 31.4 Å². The van der Waals surface area contributed by atoms with Gasteiger partial charge in [-0.25, -0.2) is 8.78 Å². The minimum Gasteiger partial charge on any atom is -0.349 e. The predicted octanol–water partition coefficient (Wildman–Crippen LogP) is 3.46. The highest BCUT2D eigenvalue weighted by Crippen LogP contribution is 2.21. The lowest BCUT2D eigenvalue weighted by molar-refractivity contribution is 0.0934. The lowest BCUT2D eigenvalue weighted by Crippen LogP contribution is -2.35. The first kappa shape index (κ1) is 13.0. The molecule has 0 spiro atoms. The highest BCUT2D eigenvalue weighted by atomic mass is 35.5. The number of carbonyl (C=O) groups excluding carboxylic acids is 1. The Morgan fingerprint density at radius 3 is 2.67 bits per heavy atom. The summed E-state index contributed by atoms with van der Waals surface area (Å²) in [5, 5.41) is 2.67. The van der Waals surface area contributed by atoms with Crippen LogP contribution in [0.4, 0.5) is 8.78 Å². The fourth-order valence-corrected chi connectivity index (χ4v) is 2.12. The maximum atomic E-state index is 13.1. The molecule has 0 aromatic heterocycles. The lowest BCUT2D eigenvalue weighted by Gasteiger charge is -2.19. The molecule has 0 saturated carbocycles. The topological polar surface area (TPSA) is 29.1 Å². The average Bonchev–Trinajstić information content (AvgIpc) is 2.35. The molecule has 1 aliphatic rings. The maximum absolute atomic E-state index is 13.1. The van der Waals surface area contributed by atoms with E-state index in [1.807, 2.05) is 12.2 Å². The van der Waals surface area contributed by atoms with Crippen LogP contribution < -0.4 is 5.32 Å². The molecule has 5 heteroatoms. The Kier molecular flexibility index (Phi) is 3.97. The summed E-state index contributed by atoms with van der Waals surface area (Å²) in [5.41, 5.74) is -0.0369. The first-order valence-electron chi connectivity index (χ1n) is 5.68. The van der Waals surface area contributed by atoms with Gasteiger partial charge in [0, 0.05) is 6.04 Å². The van der Waals surface area contributed by atoms with Gasteiger partial charge in [0.15, 0.2) is 11.6 Å². The van der Waals surface area contributed by atoms with Gasteiger partial charge >= 0.3 is 0 Å². The molecule has 1 atom stereocenters. The fourth-order valence-electron chi connectivity index (χ4n) is 1.88. The van der Waals surface area contributed by atoms with E-state index in [1.54, 1.807) is 0 Å². The van der Waals surface area contributed by atoms with Crippen molar-refractivity contribution in [2.75, 3.05) is 0 Å². The van der Waals surface area contributed by atoms with Crippen LogP contribution >= 0.6 is 11.6 Å². The standard InChI is InChI=1S/C13H12ClF2NO/c14-10-7-12(16)11(15)6-9(10)13(18)17-8-4-2-1-3-5-8/h1-2,6-8H,3-5H2,(H,17,18)/t8-/m1/s1. The van der Waals surface area contributed by atoms with Crippen molar-refractivity contribution in [1.29, 1.82) is 0 Å². The van der Waals surface area contributed by atoms with Crippen LogP contribution in [0.15, 0.2) is 24.3 Å². The molecule has 0 heterocycles. The second kappa shape index (κ2) is 5.48. The summed E-state index contributed by atoms with van der Waals surface area (Å²) in [6.07, 6.45) is 6.52. The summed E-state index contributed by atoms with van der Waals surface area (Å²) in [6.45, 7) is 0. The number of nitrogens with one attached hydrogen (secondary N) is 1. The van der Waals surface area contributed by atoms with Gasteiger partial charge < -0.3 is 5.32 Å². The van der Waals surface area contributed by atoms with Crippen molar-refractivity contribution in [2.45, 2.75) is 25.3 Å². The Hall–Kier alpha value is -1.42. The minimum atomic E-state index is -1.08. The van der Waals surface area contributed by atoms with E-state index < -0.39 is 17.5 Å². The Morgan fingerprint density at radius 1 is 1.28 bits per heavy atom. The number of carbonyl (C=O) groups is 1. The van der Waals surface area contributed by atoms with Crippen LogP contribution in [-0.2, 0) is 0 Å². The highest BCUT2D eigenvalue weighted by molar-refractivity contribution is 6.33. The Labute approximate surface area is 109 Å². The van der Waals surface area contributed by atoms with Crippen LogP contribution in [0.3, 0.4) is 0 Å². The fraction of sp³-hybridized carbons (Fsp3) is 0.308. The van der Waals surface area contributed by atoms with Crippen molar-refractivity contribution in [3.05, 3.63) is 46.5 Å². The normalized spacial score (nSPS) is 18.7. The lowest BCUT2D eigenvalue weighted by atomic mass is 10.0. The van der Waals surface area contributed by atoms with Crippen molar-refractivity contribution in [3.63, 3.8) is 0 Å². The Bertz CT molecular complexity index is 502. The largest absolute Gasteiger partial charge is 0.349 e. The van der Waals surface area contributed by atoms with Crippen molar-refractivity contribution in [3.8, 4) is 0 Å². The maximum Gasteiger partial charge on any atom is 0.253 e. The molecule has 1 aliphatic carbocycles. The Morgan fingerprint density at radius 2 is 2.00 bits per heavy atom. The second-order valence-electron chi connectivity index (χ2n) is 4.20. The van der Waals surface area contributed by atoms with Gasteiger partial charge in [-0.2, -0.15) is 0 Å². The summed E-state index contributed by atoms with van der Waals surface area (Å²) in [5.74, 6) is -2.61. The zero-order valence-corrected chi connectivity index (χ0v) is 10.3. The number of amides is 1. The van der Waals surface area contributed by atoms with Gasteiger partial charge in [0.25, 0.3) is 5.91 Å². The van der Waals surface area contributed by atoms with Gasteiger partial charge in [0.05, 0.1) is 10.6 Å². The summed E-state index contributed by atoms with van der Waals surface area (Å²) in [6, 6.07) is 1.66. The molecule has 1 aromatic carbocycles. The van der Waals surface area contributed by atoms with E-state index in [0.29, 0.717) is 0 Å². The van der Waals surface area contributed by atoms with Crippen LogP contribution in [0, 0.1) is 11.6 Å². The van der Waals surface area contributed by atoms with E-state index in [-0.39, 0.29) is 16.6 Å². The number of rotatable bonds is 2. The molecule has 0 saturated heterocycles. The number of benzene rings is 1. The molecule has 2 rings (SSSR count). The van der Waals surface area contributed by atoms with Gasteiger partial charge in [0.1, 0.15) is 0 Å². The van der Waals surface area contributed by atoms with Crippen molar-refractivity contribution < 1.29 is 13.6 Å². The number of halogens is 3. The van der Waals surface area contributed by atoms with E-state index in [4.69, 9.17) is 11.6 Å². The quantitative estimate of drug-likeness (QED) is 0.648. The highest BCUT2D eigenvalue weighted by Gasteiger charge is 2.18. The third kappa shape index (κ3) is 2.88. The monoisotopic (exact) mass is 271 g/mol. The molecule has 96 valence electrons. The summed E-state index contributed by atoms with van der Waals surface area (Å²) in [4.78, 5) is 11.9. The van der Waals surface area contributed by atoms with Gasteiger partial charge in [-0.1, -0.05) is 23.8 Å². The molecule has 1 N–H and O–H groups in total. The summed E-state index contributed by atoms with van der Waals surface area (Å²) in [7, 11) is 0. The Balaban J connectivity index is 2.13. The molecule has 1 aromatic rings. The summed E-state index contributed by atoms with van der Waals surface area (Å²) >= 11 is 5.73. The van der Waals surface area contributed by atoms with E-state index in [1.165, 1.54) is 0 Å². The zero-order valence-electron chi connectivity index (χ0n) is 9.55. The average molecular weight is 272 g/mol. The molecular formula is C13H12ClF2NO. The van der Waals surface area contributed by atoms with Crippen LogP contribution in [0.5, 0.6) is 0 Å². The smallest absolute Gasteiger partial charge is 0.253 e. The third-order valence-corrected chi connectivity index (χ3v) is 3.17. The molecule has 2 nitrogen and oxygen atoms in total. The third-order valence-electron chi connectivity index (χ3n) is 2.86. The molecule has 1 amide bonds. The van der Waals surface area contributed by atoms with Gasteiger partial charge in [0.2, 0.25) is 0 Å². The predicted molar refractivity (Wildman–Crippen MR) is 65.6 cm³/mol. The number of allylic oxidation sites excluding steroid dienone is 1. The van der Waals surface area contributed by atoms with Crippen LogP contribution in [0.25, 0.3) is 0 Å². The van der Waals surface area contributed by atoms with E-state index in [2.05, 4.69) is 5.32 Å². The number of hydrogen-bond acceptors (Lipinski definition) is 1. The molecule has 0 unspecified atom stereocenters. The van der Waals surface area contributed by atoms with Crippen molar-refractivity contribution >= 4 is 17.5 Å². The molecule has 18 heavy (non-hydrogen) atoms. The van der Waals surface area contributed by atoms with Gasteiger partial charge in [-0.05, 0) is 31.4 Å². The number of hydrogen-bond donors (Lipinski definition) is 1. The first-order chi connectivity index (χ1) is 8.58. The van der Waals surface area contributed by atoms with Crippen LogP contribution in [0.1, 0.15) is 29.6 Å². The molecule has 0 fully saturated rings. The van der Waals surface area contributed by atoms with Gasteiger partial charge in [-0.15, -0.1) is 0 Å².